The molecule has 6 rings (SSSR count). The van der Waals surface area contributed by atoms with Gasteiger partial charge in [-0.25, -0.2) is 19.2 Å². The molecular weight excluding hydrogens is 473 g/mol. The molecule has 2 N–H and O–H groups in total. The van der Waals surface area contributed by atoms with Crippen molar-refractivity contribution in [1.82, 2.24) is 20.2 Å². The molecule has 1 aromatic heterocycles. The lowest BCUT2D eigenvalue weighted by molar-refractivity contribution is 0.0951. The molecule has 2 fully saturated rings. The summed E-state index contributed by atoms with van der Waals surface area (Å²) in [5.41, 5.74) is 4.18. The molecule has 192 valence electrons. The molecule has 3 aromatic rings. The van der Waals surface area contributed by atoms with E-state index < -0.39 is 5.82 Å². The van der Waals surface area contributed by atoms with Crippen LogP contribution in [0.4, 0.5) is 26.4 Å². The van der Waals surface area contributed by atoms with E-state index in [1.165, 1.54) is 11.2 Å². The topological polar surface area (TPSA) is 93.7 Å². The fourth-order valence-corrected chi connectivity index (χ4v) is 5.27. The van der Waals surface area contributed by atoms with Gasteiger partial charge in [0.05, 0.1) is 16.6 Å². The molecule has 2 aliphatic heterocycles. The van der Waals surface area contributed by atoms with Crippen molar-refractivity contribution in [3.05, 3.63) is 53.1 Å². The van der Waals surface area contributed by atoms with Crippen LogP contribution in [0.5, 0.6) is 0 Å². The van der Waals surface area contributed by atoms with Crippen LogP contribution in [0.25, 0.3) is 10.9 Å². The average molecular weight is 504 g/mol. The van der Waals surface area contributed by atoms with Crippen LogP contribution in [-0.4, -0.2) is 65.6 Å². The molecule has 3 aliphatic rings. The third kappa shape index (κ3) is 4.35. The van der Waals surface area contributed by atoms with Crippen molar-refractivity contribution in [3.63, 3.8) is 0 Å². The minimum Gasteiger partial charge on any atom is -0.369 e. The van der Waals surface area contributed by atoms with E-state index in [4.69, 9.17) is 0 Å². The van der Waals surface area contributed by atoms with E-state index in [-0.39, 0.29) is 17.6 Å². The lowest BCUT2D eigenvalue weighted by Crippen LogP contribution is -2.46. The van der Waals surface area contributed by atoms with Crippen molar-refractivity contribution in [2.75, 3.05) is 47.8 Å². The van der Waals surface area contributed by atoms with Gasteiger partial charge >= 0.3 is 6.03 Å². The van der Waals surface area contributed by atoms with Crippen molar-refractivity contribution >= 4 is 40.0 Å². The molecule has 0 unspecified atom stereocenters. The Balaban J connectivity index is 1.16. The summed E-state index contributed by atoms with van der Waals surface area (Å²) in [5, 5.41) is 6.29. The highest BCUT2D eigenvalue weighted by atomic mass is 19.1. The van der Waals surface area contributed by atoms with Gasteiger partial charge in [-0.1, -0.05) is 0 Å². The molecule has 2 aromatic carbocycles. The Kier molecular flexibility index (Phi) is 5.91. The van der Waals surface area contributed by atoms with E-state index in [9.17, 15) is 9.59 Å². The first-order chi connectivity index (χ1) is 17.9. The fraction of sp³-hybridized carbons (Fsp3) is 0.407. The molecule has 0 spiro atoms. The third-order valence-electron chi connectivity index (χ3n) is 7.45. The molecule has 1 saturated heterocycles. The number of rotatable bonds is 6. The molecule has 0 bridgehead atoms. The first kappa shape index (κ1) is 23.6. The number of nitrogens with zero attached hydrogens (tertiary/aromatic N) is 5. The lowest BCUT2D eigenvalue weighted by atomic mass is 10.0. The van der Waals surface area contributed by atoms with Gasteiger partial charge in [0, 0.05) is 62.1 Å². The molecule has 0 atom stereocenters. The summed E-state index contributed by atoms with van der Waals surface area (Å²) in [5.74, 6) is 0.0112. The molecule has 37 heavy (non-hydrogen) atoms. The minimum atomic E-state index is -0.425. The second-order valence-electron chi connectivity index (χ2n) is 10.0. The second-order valence-corrected chi connectivity index (χ2v) is 10.0. The zero-order chi connectivity index (χ0) is 25.7. The van der Waals surface area contributed by atoms with Gasteiger partial charge in [-0.2, -0.15) is 0 Å². The van der Waals surface area contributed by atoms with Gasteiger partial charge in [-0.3, -0.25) is 14.6 Å². The number of halogens is 1. The number of amides is 3. The number of carbonyl (C=O) groups excluding carboxylic acids is 2. The van der Waals surface area contributed by atoms with Crippen LogP contribution in [0.2, 0.25) is 0 Å². The quantitative estimate of drug-likeness (QED) is 0.533. The monoisotopic (exact) mass is 503 g/mol. The highest BCUT2D eigenvalue weighted by molar-refractivity contribution is 6.17. The van der Waals surface area contributed by atoms with Crippen LogP contribution in [0, 0.1) is 12.7 Å². The Hall–Kier alpha value is -3.79. The summed E-state index contributed by atoms with van der Waals surface area (Å²) in [7, 11) is 0. The molecule has 1 saturated carbocycles. The number of benzene rings is 2. The first-order valence-corrected chi connectivity index (χ1v) is 12.9. The molecular formula is C27H30FN7O2. The minimum absolute atomic E-state index is 0.00519. The number of carbonyl (C=O) groups is 2. The SMILES string of the molecule is CCN1C(=O)Nc2c(F)c(CN3CCN(c4ccc(C(=O)NC5CC5)cc4C)CC3)cc3ncnc1c23. The highest BCUT2D eigenvalue weighted by Gasteiger charge is 2.30. The first-order valence-electron chi connectivity index (χ1n) is 12.9. The van der Waals surface area contributed by atoms with Crippen LogP contribution in [0.3, 0.4) is 0 Å². The van der Waals surface area contributed by atoms with E-state index in [1.54, 1.807) is 6.07 Å². The van der Waals surface area contributed by atoms with E-state index in [0.29, 0.717) is 47.0 Å². The van der Waals surface area contributed by atoms with Crippen LogP contribution >= 0.6 is 0 Å². The van der Waals surface area contributed by atoms with Crippen molar-refractivity contribution in [1.29, 1.82) is 0 Å². The maximum Gasteiger partial charge on any atom is 0.327 e. The Bertz CT molecular complexity index is 1400. The van der Waals surface area contributed by atoms with E-state index >= 15 is 4.39 Å². The van der Waals surface area contributed by atoms with Crippen LogP contribution in [0.1, 0.15) is 41.3 Å². The van der Waals surface area contributed by atoms with Gasteiger partial charge in [0.2, 0.25) is 0 Å². The molecule has 0 radical (unpaired) electrons. The molecule has 3 amide bonds. The Morgan fingerprint density at radius 2 is 1.95 bits per heavy atom. The Labute approximate surface area is 214 Å². The summed E-state index contributed by atoms with van der Waals surface area (Å²) in [6.45, 7) is 7.87. The normalized spacial score (nSPS) is 17.8. The number of hydrogen-bond acceptors (Lipinski definition) is 6. The van der Waals surface area contributed by atoms with Gasteiger partial charge in [0.15, 0.2) is 5.82 Å². The van der Waals surface area contributed by atoms with Gasteiger partial charge < -0.3 is 15.5 Å². The zero-order valence-corrected chi connectivity index (χ0v) is 21.1. The molecule has 10 heteroatoms. The second kappa shape index (κ2) is 9.26. The number of urea groups is 1. The lowest BCUT2D eigenvalue weighted by Gasteiger charge is -2.37. The van der Waals surface area contributed by atoms with Gasteiger partial charge in [-0.05, 0) is 56.5 Å². The van der Waals surface area contributed by atoms with Gasteiger partial charge in [0.1, 0.15) is 12.1 Å². The maximum absolute atomic E-state index is 15.6. The van der Waals surface area contributed by atoms with Gasteiger partial charge in [-0.15, -0.1) is 0 Å². The standard InChI is InChI=1S/C27H30FN7O2/c1-3-35-25-22-20(29-15-30-25)13-18(23(28)24(22)32-27(35)37)14-33-8-10-34(11-9-33)21-7-4-17(12-16(21)2)26(36)31-19-5-6-19/h4,7,12-13,15,19H,3,5-6,8-11,14H2,1-2H3,(H,31,36)(H,32,37). The largest absolute Gasteiger partial charge is 0.369 e. The number of nitrogens with one attached hydrogen (secondary N) is 2. The Morgan fingerprint density at radius 1 is 1.16 bits per heavy atom. The number of aromatic nitrogens is 2. The summed E-state index contributed by atoms with van der Waals surface area (Å²) < 4.78 is 15.6. The van der Waals surface area contributed by atoms with E-state index in [1.807, 2.05) is 32.0 Å². The van der Waals surface area contributed by atoms with Crippen molar-refractivity contribution in [3.8, 4) is 0 Å². The summed E-state index contributed by atoms with van der Waals surface area (Å²) >= 11 is 0. The van der Waals surface area contributed by atoms with Crippen LogP contribution < -0.4 is 20.4 Å². The number of hydrogen-bond donors (Lipinski definition) is 2. The van der Waals surface area contributed by atoms with Crippen molar-refractivity contribution < 1.29 is 14.0 Å². The Morgan fingerprint density at radius 3 is 2.65 bits per heavy atom. The number of piperazine rings is 1. The zero-order valence-electron chi connectivity index (χ0n) is 21.1. The number of anilines is 3. The van der Waals surface area contributed by atoms with Crippen LogP contribution in [-0.2, 0) is 6.54 Å². The molecule has 9 nitrogen and oxygen atoms in total. The predicted octanol–water partition coefficient (Wildman–Crippen LogP) is 3.66. The van der Waals surface area contributed by atoms with E-state index in [2.05, 4.69) is 30.4 Å². The summed E-state index contributed by atoms with van der Waals surface area (Å²) in [6.07, 6.45) is 3.56. The highest BCUT2D eigenvalue weighted by Crippen LogP contribution is 2.38. The molecule has 3 heterocycles. The summed E-state index contributed by atoms with van der Waals surface area (Å²) in [4.78, 5) is 39.5. The number of aryl methyl sites for hydroxylation is 1. The van der Waals surface area contributed by atoms with Crippen molar-refractivity contribution in [2.45, 2.75) is 39.3 Å². The maximum atomic E-state index is 15.6. The molecule has 1 aliphatic carbocycles. The van der Waals surface area contributed by atoms with E-state index in [0.717, 1.165) is 50.3 Å². The van der Waals surface area contributed by atoms with Crippen molar-refractivity contribution in [2.24, 2.45) is 0 Å². The fourth-order valence-electron chi connectivity index (χ4n) is 5.27. The average Bonchev–Trinajstić information content (AvgIpc) is 3.71. The third-order valence-corrected chi connectivity index (χ3v) is 7.45. The smallest absolute Gasteiger partial charge is 0.327 e. The summed E-state index contributed by atoms with van der Waals surface area (Å²) in [6, 6.07) is 7.61. The van der Waals surface area contributed by atoms with Crippen LogP contribution in [0.15, 0.2) is 30.6 Å². The van der Waals surface area contributed by atoms with Gasteiger partial charge in [0.25, 0.3) is 5.91 Å². The predicted molar refractivity (Wildman–Crippen MR) is 141 cm³/mol.